The lowest BCUT2D eigenvalue weighted by molar-refractivity contribution is -0.166. The first-order chi connectivity index (χ1) is 12.8. The fourth-order valence-corrected chi connectivity index (χ4v) is 2.88. The maximum Gasteiger partial charge on any atom is 0.351 e. The Labute approximate surface area is 166 Å². The second-order valence-corrected chi connectivity index (χ2v) is 6.52. The molecule has 0 aromatic heterocycles. The van der Waals surface area contributed by atoms with Gasteiger partial charge in [0.25, 0.3) is 0 Å². The molecule has 0 saturated heterocycles. The SMILES string of the molecule is COC(=O)[C@H](OC(=O)Cc1ccc(NC(C)=O)cc1)c1cc(Cl)cc(Cl)c1. The molecule has 1 amide bonds. The molecule has 2 aromatic rings. The third kappa shape index (κ3) is 6.27. The molecule has 142 valence electrons. The smallest absolute Gasteiger partial charge is 0.351 e. The predicted octanol–water partition coefficient (Wildman–Crippen LogP) is 3.95. The molecule has 2 aromatic carbocycles. The van der Waals surface area contributed by atoms with Crippen molar-refractivity contribution in [2.75, 3.05) is 12.4 Å². The number of amides is 1. The molecule has 1 N–H and O–H groups in total. The van der Waals surface area contributed by atoms with Gasteiger partial charge in [-0.3, -0.25) is 9.59 Å². The van der Waals surface area contributed by atoms with Gasteiger partial charge in [0, 0.05) is 28.2 Å². The van der Waals surface area contributed by atoms with E-state index in [0.29, 0.717) is 26.9 Å². The van der Waals surface area contributed by atoms with Gasteiger partial charge < -0.3 is 14.8 Å². The van der Waals surface area contributed by atoms with E-state index in [1.807, 2.05) is 0 Å². The standard InChI is InChI=1S/C19H17Cl2NO5/c1-11(23)22-16-5-3-12(4-6-16)7-17(24)27-18(19(25)26-2)13-8-14(20)10-15(21)9-13/h3-6,8-10,18H,7H2,1-2H3,(H,22,23)/t18-/m1/s1. The van der Waals surface area contributed by atoms with Crippen molar-refractivity contribution in [3.8, 4) is 0 Å². The van der Waals surface area contributed by atoms with E-state index in [1.54, 1.807) is 24.3 Å². The zero-order valence-corrected chi connectivity index (χ0v) is 16.1. The Kier molecular flexibility index (Phi) is 7.21. The van der Waals surface area contributed by atoms with Crippen LogP contribution in [-0.2, 0) is 30.3 Å². The Morgan fingerprint density at radius 2 is 1.63 bits per heavy atom. The van der Waals surface area contributed by atoms with Crippen LogP contribution in [0.15, 0.2) is 42.5 Å². The predicted molar refractivity (Wildman–Crippen MR) is 102 cm³/mol. The number of nitrogens with one attached hydrogen (secondary N) is 1. The van der Waals surface area contributed by atoms with Crippen LogP contribution >= 0.6 is 23.2 Å². The maximum atomic E-state index is 12.3. The molecule has 6 nitrogen and oxygen atoms in total. The second kappa shape index (κ2) is 9.39. The number of hydrogen-bond acceptors (Lipinski definition) is 5. The largest absolute Gasteiger partial charge is 0.466 e. The van der Waals surface area contributed by atoms with Crippen molar-refractivity contribution in [1.82, 2.24) is 0 Å². The van der Waals surface area contributed by atoms with Crippen LogP contribution in [0.4, 0.5) is 5.69 Å². The molecule has 0 saturated carbocycles. The highest BCUT2D eigenvalue weighted by atomic mass is 35.5. The van der Waals surface area contributed by atoms with Crippen LogP contribution in [0.3, 0.4) is 0 Å². The quantitative estimate of drug-likeness (QED) is 0.730. The van der Waals surface area contributed by atoms with Gasteiger partial charge in [0.05, 0.1) is 13.5 Å². The highest BCUT2D eigenvalue weighted by molar-refractivity contribution is 6.34. The number of halogens is 2. The van der Waals surface area contributed by atoms with Gasteiger partial charge in [-0.15, -0.1) is 0 Å². The molecule has 1 atom stereocenters. The Bertz CT molecular complexity index is 831. The second-order valence-electron chi connectivity index (χ2n) is 5.65. The third-order valence-corrected chi connectivity index (χ3v) is 3.91. The monoisotopic (exact) mass is 409 g/mol. The van der Waals surface area contributed by atoms with Crippen molar-refractivity contribution in [2.45, 2.75) is 19.4 Å². The molecule has 8 heteroatoms. The number of ether oxygens (including phenoxy) is 2. The summed E-state index contributed by atoms with van der Waals surface area (Å²) in [6, 6.07) is 11.1. The van der Waals surface area contributed by atoms with E-state index in [0.717, 1.165) is 0 Å². The summed E-state index contributed by atoms with van der Waals surface area (Å²) in [6.45, 7) is 1.40. The van der Waals surface area contributed by atoms with Gasteiger partial charge >= 0.3 is 11.9 Å². The highest BCUT2D eigenvalue weighted by Gasteiger charge is 2.26. The summed E-state index contributed by atoms with van der Waals surface area (Å²) >= 11 is 11.9. The van der Waals surface area contributed by atoms with Crippen molar-refractivity contribution in [1.29, 1.82) is 0 Å². The number of carbonyl (C=O) groups is 3. The number of benzene rings is 2. The summed E-state index contributed by atoms with van der Waals surface area (Å²) in [5, 5.41) is 3.23. The molecule has 0 bridgehead atoms. The number of rotatable bonds is 6. The van der Waals surface area contributed by atoms with E-state index in [1.165, 1.54) is 32.2 Å². The van der Waals surface area contributed by atoms with Gasteiger partial charge in [-0.05, 0) is 35.9 Å². The van der Waals surface area contributed by atoms with Crippen LogP contribution in [-0.4, -0.2) is 25.0 Å². The van der Waals surface area contributed by atoms with E-state index in [4.69, 9.17) is 32.7 Å². The van der Waals surface area contributed by atoms with E-state index in [9.17, 15) is 14.4 Å². The van der Waals surface area contributed by atoms with Crippen molar-refractivity contribution in [3.63, 3.8) is 0 Å². The Morgan fingerprint density at radius 3 is 2.15 bits per heavy atom. The van der Waals surface area contributed by atoms with Gasteiger partial charge in [-0.1, -0.05) is 35.3 Å². The van der Waals surface area contributed by atoms with E-state index < -0.39 is 18.0 Å². The molecule has 27 heavy (non-hydrogen) atoms. The highest BCUT2D eigenvalue weighted by Crippen LogP contribution is 2.27. The van der Waals surface area contributed by atoms with Crippen LogP contribution in [0.2, 0.25) is 10.0 Å². The van der Waals surface area contributed by atoms with Crippen molar-refractivity contribution in [2.24, 2.45) is 0 Å². The van der Waals surface area contributed by atoms with Crippen molar-refractivity contribution >= 4 is 46.7 Å². The van der Waals surface area contributed by atoms with Crippen LogP contribution in [0.1, 0.15) is 24.2 Å². The summed E-state index contributed by atoms with van der Waals surface area (Å²) in [4.78, 5) is 35.4. The average Bonchev–Trinajstić information content (AvgIpc) is 2.59. The topological polar surface area (TPSA) is 81.7 Å². The summed E-state index contributed by atoms with van der Waals surface area (Å²) in [6.07, 6.45) is -1.35. The normalized spacial score (nSPS) is 11.4. The van der Waals surface area contributed by atoms with E-state index in [2.05, 4.69) is 5.32 Å². The van der Waals surface area contributed by atoms with Crippen molar-refractivity contribution in [3.05, 3.63) is 63.6 Å². The van der Waals surface area contributed by atoms with Crippen LogP contribution in [0, 0.1) is 0 Å². The molecular formula is C19H17Cl2NO5. The fourth-order valence-electron chi connectivity index (χ4n) is 2.33. The number of carbonyl (C=O) groups excluding carboxylic acids is 3. The molecule has 0 aliphatic heterocycles. The molecule has 0 spiro atoms. The van der Waals surface area contributed by atoms with Gasteiger partial charge in [-0.25, -0.2) is 4.79 Å². The maximum absolute atomic E-state index is 12.3. The number of anilines is 1. The van der Waals surface area contributed by atoms with Gasteiger partial charge in [0.1, 0.15) is 0 Å². The van der Waals surface area contributed by atoms with E-state index in [-0.39, 0.29) is 12.3 Å². The number of methoxy groups -OCH3 is 1. The molecule has 2 rings (SSSR count). The number of hydrogen-bond donors (Lipinski definition) is 1. The van der Waals surface area contributed by atoms with Crippen LogP contribution in [0.5, 0.6) is 0 Å². The summed E-state index contributed by atoms with van der Waals surface area (Å²) < 4.78 is 10.0. The van der Waals surface area contributed by atoms with Crippen LogP contribution in [0.25, 0.3) is 0 Å². The van der Waals surface area contributed by atoms with Crippen LogP contribution < -0.4 is 5.32 Å². The van der Waals surface area contributed by atoms with Crippen molar-refractivity contribution < 1.29 is 23.9 Å². The first-order valence-electron chi connectivity index (χ1n) is 7.88. The molecular weight excluding hydrogens is 393 g/mol. The van der Waals surface area contributed by atoms with Gasteiger partial charge in [-0.2, -0.15) is 0 Å². The Balaban J connectivity index is 2.11. The minimum Gasteiger partial charge on any atom is -0.466 e. The fraction of sp³-hybridized carbons (Fsp3) is 0.211. The Morgan fingerprint density at radius 1 is 1.04 bits per heavy atom. The molecule has 0 unspecified atom stereocenters. The Hall–Kier alpha value is -2.57. The minimum atomic E-state index is -1.28. The van der Waals surface area contributed by atoms with E-state index >= 15 is 0 Å². The lowest BCUT2D eigenvalue weighted by atomic mass is 10.1. The average molecular weight is 410 g/mol. The lowest BCUT2D eigenvalue weighted by Gasteiger charge is -2.17. The first-order valence-corrected chi connectivity index (χ1v) is 8.64. The molecule has 0 fully saturated rings. The minimum absolute atomic E-state index is 0.0673. The molecule has 0 heterocycles. The molecule has 0 radical (unpaired) electrons. The summed E-state index contributed by atoms with van der Waals surface area (Å²) in [5.41, 5.74) is 1.58. The zero-order valence-electron chi connectivity index (χ0n) is 14.6. The van der Waals surface area contributed by atoms with Gasteiger partial charge in [0.2, 0.25) is 12.0 Å². The number of esters is 2. The summed E-state index contributed by atoms with van der Waals surface area (Å²) in [5.74, 6) is -1.57. The summed E-state index contributed by atoms with van der Waals surface area (Å²) in [7, 11) is 1.19. The third-order valence-electron chi connectivity index (χ3n) is 3.47. The lowest BCUT2D eigenvalue weighted by Crippen LogP contribution is -2.22. The first kappa shape index (κ1) is 20.7. The zero-order chi connectivity index (χ0) is 20.0. The molecule has 0 aliphatic carbocycles. The van der Waals surface area contributed by atoms with Gasteiger partial charge in [0.15, 0.2) is 0 Å². The molecule has 0 aliphatic rings.